The van der Waals surface area contributed by atoms with Gasteiger partial charge in [-0.05, 0) is 13.8 Å². The first kappa shape index (κ1) is 13.1. The molecule has 0 unspecified atom stereocenters. The first-order chi connectivity index (χ1) is 7.77. The molecule has 0 fully saturated rings. The third kappa shape index (κ3) is 2.77. The van der Waals surface area contributed by atoms with Crippen molar-refractivity contribution < 1.29 is 13.9 Å². The van der Waals surface area contributed by atoms with Crippen molar-refractivity contribution in [2.45, 2.75) is 19.4 Å². The van der Waals surface area contributed by atoms with E-state index in [1.165, 1.54) is 13.2 Å². The minimum atomic E-state index is -0.989. The lowest BCUT2D eigenvalue weighted by molar-refractivity contribution is -0.121. The van der Waals surface area contributed by atoms with Crippen LogP contribution in [0.15, 0.2) is 12.1 Å². The van der Waals surface area contributed by atoms with Crippen molar-refractivity contribution >= 4 is 17.3 Å². The lowest BCUT2D eigenvalue weighted by atomic mass is 10.0. The van der Waals surface area contributed by atoms with Gasteiger partial charge in [0.25, 0.3) is 0 Å². The number of rotatable bonds is 4. The van der Waals surface area contributed by atoms with E-state index >= 15 is 0 Å². The zero-order valence-electron chi connectivity index (χ0n) is 10.0. The first-order valence-corrected chi connectivity index (χ1v) is 4.99. The molecular formula is C11H16FN3O2. The topological polar surface area (TPSA) is 90.4 Å². The summed E-state index contributed by atoms with van der Waals surface area (Å²) in [6.07, 6.45) is 0. The van der Waals surface area contributed by atoms with Gasteiger partial charge < -0.3 is 21.5 Å². The lowest BCUT2D eigenvalue weighted by Gasteiger charge is -2.25. The van der Waals surface area contributed by atoms with Crippen LogP contribution in [0.3, 0.4) is 0 Å². The van der Waals surface area contributed by atoms with Crippen LogP contribution in [0, 0.1) is 5.82 Å². The van der Waals surface area contributed by atoms with E-state index in [0.29, 0.717) is 5.69 Å². The highest BCUT2D eigenvalue weighted by Gasteiger charge is 2.25. The summed E-state index contributed by atoms with van der Waals surface area (Å²) in [6, 6.07) is 2.51. The number of carbonyl (C=O) groups excluding carboxylic acids is 1. The smallest absolute Gasteiger partial charge is 0.242 e. The first-order valence-electron chi connectivity index (χ1n) is 4.99. The van der Waals surface area contributed by atoms with Gasteiger partial charge in [0.2, 0.25) is 5.91 Å². The van der Waals surface area contributed by atoms with Gasteiger partial charge in [-0.3, -0.25) is 4.79 Å². The van der Waals surface area contributed by atoms with E-state index in [-0.39, 0.29) is 11.4 Å². The average Bonchev–Trinajstić information content (AvgIpc) is 2.21. The monoisotopic (exact) mass is 241 g/mol. The van der Waals surface area contributed by atoms with Gasteiger partial charge in [-0.15, -0.1) is 0 Å². The Balaban J connectivity index is 3.11. The molecule has 6 heteroatoms. The Morgan fingerprint density at radius 3 is 2.53 bits per heavy atom. The predicted octanol–water partition coefficient (Wildman–Crippen LogP) is 1.09. The second-order valence-corrected chi connectivity index (χ2v) is 4.19. The number of benzene rings is 1. The molecule has 17 heavy (non-hydrogen) atoms. The van der Waals surface area contributed by atoms with Crippen LogP contribution in [0.4, 0.5) is 15.8 Å². The highest BCUT2D eigenvalue weighted by molar-refractivity contribution is 5.88. The third-order valence-corrected chi connectivity index (χ3v) is 2.39. The zero-order valence-corrected chi connectivity index (χ0v) is 10.0. The van der Waals surface area contributed by atoms with E-state index in [9.17, 15) is 9.18 Å². The Hall–Kier alpha value is -1.98. The Morgan fingerprint density at radius 2 is 2.06 bits per heavy atom. The number of halogens is 1. The third-order valence-electron chi connectivity index (χ3n) is 2.39. The molecule has 1 rings (SSSR count). The molecule has 1 amide bonds. The lowest BCUT2D eigenvalue weighted by Crippen LogP contribution is -2.45. The fraction of sp³-hybridized carbons (Fsp3) is 0.364. The highest BCUT2D eigenvalue weighted by atomic mass is 19.1. The number of ether oxygens (including phenoxy) is 1. The molecule has 0 saturated heterocycles. The Labute approximate surface area is 98.9 Å². The molecule has 5 nitrogen and oxygen atoms in total. The van der Waals surface area contributed by atoms with Gasteiger partial charge in [0.05, 0.1) is 18.5 Å². The summed E-state index contributed by atoms with van der Waals surface area (Å²) in [5.41, 5.74) is 10.4. The number of anilines is 2. The number of nitrogens with two attached hydrogens (primary N) is 2. The Bertz CT molecular complexity index is 447. The fourth-order valence-corrected chi connectivity index (χ4v) is 1.23. The molecule has 94 valence electrons. The van der Waals surface area contributed by atoms with Crippen LogP contribution in [0.1, 0.15) is 13.8 Å². The molecule has 1 aromatic carbocycles. The number of nitrogen functional groups attached to an aromatic ring is 1. The molecular weight excluding hydrogens is 225 g/mol. The number of amides is 1. The van der Waals surface area contributed by atoms with Crippen molar-refractivity contribution in [2.24, 2.45) is 5.73 Å². The van der Waals surface area contributed by atoms with E-state index in [1.54, 1.807) is 13.8 Å². The van der Waals surface area contributed by atoms with Crippen molar-refractivity contribution in [3.8, 4) is 5.75 Å². The van der Waals surface area contributed by atoms with Gasteiger partial charge in [-0.1, -0.05) is 0 Å². The van der Waals surface area contributed by atoms with E-state index < -0.39 is 17.3 Å². The Kier molecular flexibility index (Phi) is 3.45. The number of hydrogen-bond donors (Lipinski definition) is 3. The van der Waals surface area contributed by atoms with Gasteiger partial charge in [0, 0.05) is 12.1 Å². The maximum atomic E-state index is 13.3. The molecule has 0 atom stereocenters. The summed E-state index contributed by atoms with van der Waals surface area (Å²) in [7, 11) is 1.34. The molecule has 0 aliphatic carbocycles. The fourth-order valence-electron chi connectivity index (χ4n) is 1.23. The molecule has 0 aliphatic heterocycles. The SMILES string of the molecule is COc1cc(NC(C)(C)C(N)=O)c(N)cc1F. The maximum absolute atomic E-state index is 13.3. The number of methoxy groups -OCH3 is 1. The van der Waals surface area contributed by atoms with Gasteiger partial charge >= 0.3 is 0 Å². The summed E-state index contributed by atoms with van der Waals surface area (Å²) in [6.45, 7) is 3.20. The van der Waals surface area contributed by atoms with Crippen LogP contribution >= 0.6 is 0 Å². The number of primary amides is 1. The van der Waals surface area contributed by atoms with Crippen molar-refractivity contribution in [1.82, 2.24) is 0 Å². The molecule has 0 saturated carbocycles. The quantitative estimate of drug-likeness (QED) is 0.688. The summed E-state index contributed by atoms with van der Waals surface area (Å²) < 4.78 is 18.1. The van der Waals surface area contributed by atoms with Crippen LogP contribution in [0.25, 0.3) is 0 Å². The summed E-state index contributed by atoms with van der Waals surface area (Å²) >= 11 is 0. The molecule has 0 radical (unpaired) electrons. The largest absolute Gasteiger partial charge is 0.494 e. The second-order valence-electron chi connectivity index (χ2n) is 4.19. The van der Waals surface area contributed by atoms with E-state index in [0.717, 1.165) is 6.07 Å². The zero-order chi connectivity index (χ0) is 13.2. The summed E-state index contributed by atoms with van der Waals surface area (Å²) in [5.74, 6) is -1.06. The van der Waals surface area contributed by atoms with Gasteiger partial charge in [0.15, 0.2) is 11.6 Å². The molecule has 0 aliphatic rings. The van der Waals surface area contributed by atoms with Crippen LogP contribution in [0.5, 0.6) is 5.75 Å². The van der Waals surface area contributed by atoms with Crippen LogP contribution in [-0.2, 0) is 4.79 Å². The van der Waals surface area contributed by atoms with Gasteiger partial charge in [-0.2, -0.15) is 0 Å². The summed E-state index contributed by atoms with van der Waals surface area (Å²) in [5, 5.41) is 2.84. The van der Waals surface area contributed by atoms with E-state index in [2.05, 4.69) is 5.32 Å². The number of hydrogen-bond acceptors (Lipinski definition) is 4. The van der Waals surface area contributed by atoms with E-state index in [1.807, 2.05) is 0 Å². The second kappa shape index (κ2) is 4.48. The average molecular weight is 241 g/mol. The predicted molar refractivity (Wildman–Crippen MR) is 64.3 cm³/mol. The van der Waals surface area contributed by atoms with Crippen molar-refractivity contribution in [1.29, 1.82) is 0 Å². The molecule has 1 aromatic rings. The maximum Gasteiger partial charge on any atom is 0.242 e. The molecule has 0 bridgehead atoms. The normalized spacial score (nSPS) is 11.1. The highest BCUT2D eigenvalue weighted by Crippen LogP contribution is 2.29. The van der Waals surface area contributed by atoms with Crippen molar-refractivity contribution in [2.75, 3.05) is 18.2 Å². The number of nitrogens with one attached hydrogen (secondary N) is 1. The standard InChI is InChI=1S/C11H16FN3O2/c1-11(2,10(14)16)15-8-5-9(17-3)6(12)4-7(8)13/h4-5,15H,13H2,1-3H3,(H2,14,16). The molecule has 0 heterocycles. The van der Waals surface area contributed by atoms with Crippen LogP contribution in [0.2, 0.25) is 0 Å². The van der Waals surface area contributed by atoms with Gasteiger partial charge in [0.1, 0.15) is 5.54 Å². The molecule has 5 N–H and O–H groups in total. The van der Waals surface area contributed by atoms with Crippen molar-refractivity contribution in [3.63, 3.8) is 0 Å². The Morgan fingerprint density at radius 1 is 1.47 bits per heavy atom. The molecule has 0 aromatic heterocycles. The minimum Gasteiger partial charge on any atom is -0.494 e. The molecule has 0 spiro atoms. The number of carbonyl (C=O) groups is 1. The van der Waals surface area contributed by atoms with E-state index in [4.69, 9.17) is 16.2 Å². The van der Waals surface area contributed by atoms with Crippen LogP contribution < -0.4 is 21.5 Å². The minimum absolute atomic E-state index is 0.0435. The van der Waals surface area contributed by atoms with Crippen molar-refractivity contribution in [3.05, 3.63) is 17.9 Å². The summed E-state index contributed by atoms with van der Waals surface area (Å²) in [4.78, 5) is 11.2. The van der Waals surface area contributed by atoms with Gasteiger partial charge in [-0.25, -0.2) is 4.39 Å². The van der Waals surface area contributed by atoms with Crippen LogP contribution in [-0.4, -0.2) is 18.6 Å².